The lowest BCUT2D eigenvalue weighted by molar-refractivity contribution is -0.231. The van der Waals surface area contributed by atoms with Gasteiger partial charge >= 0.3 is 0 Å². The topological polar surface area (TPSA) is 84.5 Å². The Kier molecular flexibility index (Phi) is 5.33. The predicted molar refractivity (Wildman–Crippen MR) is 102 cm³/mol. The number of hydrogen-bond acceptors (Lipinski definition) is 7. The van der Waals surface area contributed by atoms with Gasteiger partial charge in [0.2, 0.25) is 0 Å². The molecule has 3 aliphatic rings. The molecule has 0 radical (unpaired) electrons. The van der Waals surface area contributed by atoms with Crippen LogP contribution in [-0.4, -0.2) is 61.8 Å². The highest BCUT2D eigenvalue weighted by atomic mass is 16.9. The lowest BCUT2D eigenvalue weighted by Crippen LogP contribution is -2.59. The molecule has 1 N–H and O–H groups in total. The number of nitrogens with one attached hydrogen (secondary N) is 1. The monoisotopic (exact) mass is 407 g/mol. The van der Waals surface area contributed by atoms with Crippen LogP contribution in [0.25, 0.3) is 0 Å². The van der Waals surface area contributed by atoms with Gasteiger partial charge in [0.25, 0.3) is 5.91 Å². The first kappa shape index (κ1) is 20.6. The largest absolute Gasteiger partial charge is 0.497 e. The number of methoxy groups -OCH3 is 1. The number of ether oxygens (including phenoxy) is 6. The molecule has 160 valence electrons. The van der Waals surface area contributed by atoms with E-state index in [0.29, 0.717) is 13.0 Å². The molecule has 1 amide bonds. The summed E-state index contributed by atoms with van der Waals surface area (Å²) in [6.07, 6.45) is -2.27. The lowest BCUT2D eigenvalue weighted by Gasteiger charge is -2.36. The molecule has 3 fully saturated rings. The van der Waals surface area contributed by atoms with Crippen molar-refractivity contribution in [2.24, 2.45) is 0 Å². The zero-order chi connectivity index (χ0) is 20.8. The lowest BCUT2D eigenvalue weighted by atomic mass is 9.98. The molecule has 8 nitrogen and oxygen atoms in total. The van der Waals surface area contributed by atoms with Gasteiger partial charge in [0.05, 0.1) is 7.11 Å². The third-order valence-corrected chi connectivity index (χ3v) is 5.29. The van der Waals surface area contributed by atoms with Crippen molar-refractivity contribution in [2.75, 3.05) is 13.7 Å². The van der Waals surface area contributed by atoms with Crippen molar-refractivity contribution < 1.29 is 33.2 Å². The van der Waals surface area contributed by atoms with E-state index in [4.69, 9.17) is 28.4 Å². The van der Waals surface area contributed by atoms with Gasteiger partial charge in [0.1, 0.15) is 24.1 Å². The summed E-state index contributed by atoms with van der Waals surface area (Å²) in [4.78, 5) is 12.9. The second-order valence-corrected chi connectivity index (χ2v) is 8.48. The van der Waals surface area contributed by atoms with Crippen molar-refractivity contribution in [2.45, 2.75) is 76.4 Å². The highest BCUT2D eigenvalue weighted by Crippen LogP contribution is 2.44. The molecule has 1 aromatic rings. The van der Waals surface area contributed by atoms with Crippen molar-refractivity contribution in [3.63, 3.8) is 0 Å². The van der Waals surface area contributed by atoms with Gasteiger partial charge in [0.15, 0.2) is 24.0 Å². The van der Waals surface area contributed by atoms with Crippen LogP contribution in [0, 0.1) is 0 Å². The molecule has 8 heteroatoms. The molecular formula is C21H29NO7. The van der Waals surface area contributed by atoms with Crippen LogP contribution >= 0.6 is 0 Å². The Morgan fingerprint density at radius 3 is 2.28 bits per heavy atom. The Morgan fingerprint density at radius 2 is 1.59 bits per heavy atom. The molecule has 5 atom stereocenters. The second kappa shape index (κ2) is 7.52. The maximum absolute atomic E-state index is 12.9. The number of benzene rings is 1. The standard InChI is InChI=1S/C21H29NO7/c1-20(2)26-14-15(27-20)17-19(29-21(3,4)28-17)25-16(14)18(23)22-11-10-12-6-8-13(24-5)9-7-12/h6-9,14-17,19H,10-11H2,1-5H3,(H,22,23)/t14-,15-,16-,17-,19+/m1/s1. The number of rotatable bonds is 5. The Labute approximate surface area is 170 Å². The zero-order valence-corrected chi connectivity index (χ0v) is 17.5. The van der Waals surface area contributed by atoms with Crippen molar-refractivity contribution in [3.8, 4) is 5.75 Å². The van der Waals surface area contributed by atoms with E-state index in [1.807, 2.05) is 52.0 Å². The van der Waals surface area contributed by atoms with Gasteiger partial charge in [0, 0.05) is 6.54 Å². The van der Waals surface area contributed by atoms with Crippen molar-refractivity contribution in [1.82, 2.24) is 5.32 Å². The Balaban J connectivity index is 1.40. The summed E-state index contributed by atoms with van der Waals surface area (Å²) in [5, 5.41) is 2.94. The molecular weight excluding hydrogens is 378 g/mol. The minimum absolute atomic E-state index is 0.249. The molecule has 3 saturated heterocycles. The molecule has 0 spiro atoms. The average molecular weight is 407 g/mol. The normalized spacial score (nSPS) is 34.3. The van der Waals surface area contributed by atoms with Crippen LogP contribution in [0.5, 0.6) is 5.75 Å². The number of fused-ring (bicyclic) bond motifs is 3. The summed E-state index contributed by atoms with van der Waals surface area (Å²) >= 11 is 0. The number of carbonyl (C=O) groups is 1. The predicted octanol–water partition coefficient (Wildman–Crippen LogP) is 1.75. The molecule has 0 aromatic heterocycles. The fourth-order valence-electron chi connectivity index (χ4n) is 4.05. The number of carbonyl (C=O) groups excluding carboxylic acids is 1. The van der Waals surface area contributed by atoms with Crippen LogP contribution in [0.15, 0.2) is 24.3 Å². The first-order chi connectivity index (χ1) is 13.7. The molecule has 0 aliphatic carbocycles. The van der Waals surface area contributed by atoms with Gasteiger partial charge < -0.3 is 33.7 Å². The highest BCUT2D eigenvalue weighted by molar-refractivity contribution is 5.81. The van der Waals surface area contributed by atoms with Crippen molar-refractivity contribution in [1.29, 1.82) is 0 Å². The third-order valence-electron chi connectivity index (χ3n) is 5.29. The summed E-state index contributed by atoms with van der Waals surface area (Å²) in [7, 11) is 1.63. The minimum Gasteiger partial charge on any atom is -0.497 e. The van der Waals surface area contributed by atoms with E-state index >= 15 is 0 Å². The summed E-state index contributed by atoms with van der Waals surface area (Å²) in [6, 6.07) is 7.75. The van der Waals surface area contributed by atoms with E-state index in [1.165, 1.54) is 0 Å². The van der Waals surface area contributed by atoms with E-state index in [1.54, 1.807) is 7.11 Å². The zero-order valence-electron chi connectivity index (χ0n) is 17.5. The summed E-state index contributed by atoms with van der Waals surface area (Å²) in [5.74, 6) is -1.08. The molecule has 0 unspecified atom stereocenters. The summed E-state index contributed by atoms with van der Waals surface area (Å²) < 4.78 is 34.9. The number of amides is 1. The summed E-state index contributed by atoms with van der Waals surface area (Å²) in [5.41, 5.74) is 1.10. The highest BCUT2D eigenvalue weighted by Gasteiger charge is 2.62. The maximum Gasteiger partial charge on any atom is 0.252 e. The molecule has 4 rings (SSSR count). The van der Waals surface area contributed by atoms with Gasteiger partial charge in [-0.15, -0.1) is 0 Å². The SMILES string of the molecule is COc1ccc(CCNC(=O)[C@@H]2O[C@H]3OC(C)(C)O[C@@H]3[C@@H]3OC(C)(C)O[C@H]32)cc1. The van der Waals surface area contributed by atoms with Crippen LogP contribution in [0.3, 0.4) is 0 Å². The molecule has 0 bridgehead atoms. The van der Waals surface area contributed by atoms with Gasteiger partial charge in [-0.05, 0) is 51.8 Å². The quantitative estimate of drug-likeness (QED) is 0.796. The third kappa shape index (κ3) is 4.27. The van der Waals surface area contributed by atoms with Gasteiger partial charge in [-0.2, -0.15) is 0 Å². The first-order valence-corrected chi connectivity index (χ1v) is 9.95. The van der Waals surface area contributed by atoms with E-state index in [0.717, 1.165) is 11.3 Å². The van der Waals surface area contributed by atoms with Gasteiger partial charge in [-0.25, -0.2) is 0 Å². The second-order valence-electron chi connectivity index (χ2n) is 8.48. The van der Waals surface area contributed by atoms with Crippen LogP contribution in [0.4, 0.5) is 0 Å². The molecule has 0 saturated carbocycles. The Bertz CT molecular complexity index is 748. The molecule has 3 aliphatic heterocycles. The summed E-state index contributed by atoms with van der Waals surface area (Å²) in [6.45, 7) is 7.74. The minimum atomic E-state index is -0.837. The Morgan fingerprint density at radius 1 is 0.966 bits per heavy atom. The van der Waals surface area contributed by atoms with Crippen molar-refractivity contribution >= 4 is 5.91 Å². The Hall–Kier alpha value is -1.71. The molecule has 3 heterocycles. The van der Waals surface area contributed by atoms with Crippen LogP contribution in [0.1, 0.15) is 33.3 Å². The van der Waals surface area contributed by atoms with E-state index in [9.17, 15) is 4.79 Å². The molecule has 29 heavy (non-hydrogen) atoms. The fourth-order valence-corrected chi connectivity index (χ4v) is 4.05. The van der Waals surface area contributed by atoms with E-state index in [-0.39, 0.29) is 5.91 Å². The van der Waals surface area contributed by atoms with E-state index in [2.05, 4.69) is 5.32 Å². The van der Waals surface area contributed by atoms with Crippen LogP contribution in [0.2, 0.25) is 0 Å². The average Bonchev–Trinajstić information content (AvgIpc) is 3.15. The van der Waals surface area contributed by atoms with Crippen LogP contribution < -0.4 is 10.1 Å². The van der Waals surface area contributed by atoms with E-state index < -0.39 is 42.3 Å². The van der Waals surface area contributed by atoms with Crippen molar-refractivity contribution in [3.05, 3.63) is 29.8 Å². The first-order valence-electron chi connectivity index (χ1n) is 9.95. The number of hydrogen-bond donors (Lipinski definition) is 1. The van der Waals surface area contributed by atoms with Gasteiger partial charge in [-0.3, -0.25) is 4.79 Å². The fraction of sp³-hybridized carbons (Fsp3) is 0.667. The molecule has 1 aromatic carbocycles. The van der Waals surface area contributed by atoms with Crippen LogP contribution in [-0.2, 0) is 34.9 Å². The maximum atomic E-state index is 12.9. The van der Waals surface area contributed by atoms with Gasteiger partial charge in [-0.1, -0.05) is 12.1 Å². The smallest absolute Gasteiger partial charge is 0.252 e.